The van der Waals surface area contributed by atoms with Crippen LogP contribution in [0.25, 0.3) is 0 Å². The second-order valence-electron chi connectivity index (χ2n) is 4.67. The van der Waals surface area contributed by atoms with Crippen molar-refractivity contribution in [2.75, 3.05) is 54.1 Å². The molecule has 0 spiro atoms. The van der Waals surface area contributed by atoms with Gasteiger partial charge in [0.1, 0.15) is 0 Å². The second-order valence-corrected chi connectivity index (χ2v) is 4.67. The Balaban J connectivity index is 2.33. The molecule has 3 amide bonds. The molecule has 0 unspecified atom stereocenters. The van der Waals surface area contributed by atoms with Crippen LogP contribution in [0.4, 0.5) is 4.79 Å². The number of nitrogens with one attached hydrogen (secondary N) is 1. The molecule has 1 saturated heterocycles. The van der Waals surface area contributed by atoms with Crippen molar-refractivity contribution in [3.63, 3.8) is 0 Å². The first kappa shape index (κ1) is 15.7. The molecule has 0 saturated carbocycles. The number of morpholine rings is 1. The number of carbonyl (C=O) groups is 2. The first-order valence-corrected chi connectivity index (χ1v) is 6.38. The summed E-state index contributed by atoms with van der Waals surface area (Å²) in [7, 11) is 4.91. The van der Waals surface area contributed by atoms with Crippen molar-refractivity contribution in [1.29, 1.82) is 0 Å². The Morgan fingerprint density at radius 1 is 1.47 bits per heavy atom. The van der Waals surface area contributed by atoms with E-state index in [1.54, 1.807) is 26.1 Å². The highest BCUT2D eigenvalue weighted by Crippen LogP contribution is 2.08. The monoisotopic (exact) mass is 273 g/mol. The SMILES string of the molecule is COCC[C@H]1CN(C(=O)CNC(=O)N(C)C)CCO1. The molecule has 1 atom stereocenters. The van der Waals surface area contributed by atoms with Crippen LogP contribution in [-0.2, 0) is 14.3 Å². The van der Waals surface area contributed by atoms with Crippen LogP contribution in [-0.4, -0.2) is 81.9 Å². The Bertz CT molecular complexity index is 309. The molecular formula is C12H23N3O4. The molecule has 1 rings (SSSR count). The highest BCUT2D eigenvalue weighted by atomic mass is 16.5. The van der Waals surface area contributed by atoms with Crippen LogP contribution in [0.1, 0.15) is 6.42 Å². The third-order valence-corrected chi connectivity index (χ3v) is 2.93. The van der Waals surface area contributed by atoms with Crippen LogP contribution in [0, 0.1) is 0 Å². The lowest BCUT2D eigenvalue weighted by atomic mass is 10.2. The third kappa shape index (κ3) is 5.44. The average Bonchev–Trinajstić information content (AvgIpc) is 2.42. The molecule has 19 heavy (non-hydrogen) atoms. The first-order chi connectivity index (χ1) is 9.04. The molecule has 1 fully saturated rings. The maximum absolute atomic E-state index is 12.0. The Hall–Kier alpha value is -1.34. The fraction of sp³-hybridized carbons (Fsp3) is 0.833. The number of carbonyl (C=O) groups excluding carboxylic acids is 2. The topological polar surface area (TPSA) is 71.1 Å². The summed E-state index contributed by atoms with van der Waals surface area (Å²) in [6.45, 7) is 2.29. The van der Waals surface area contributed by atoms with E-state index in [0.29, 0.717) is 26.3 Å². The summed E-state index contributed by atoms with van der Waals surface area (Å²) in [5.74, 6) is -0.0825. The maximum Gasteiger partial charge on any atom is 0.317 e. The molecule has 7 nitrogen and oxygen atoms in total. The highest BCUT2D eigenvalue weighted by molar-refractivity contribution is 5.83. The molecule has 1 N–H and O–H groups in total. The number of urea groups is 1. The van der Waals surface area contributed by atoms with E-state index in [1.807, 2.05) is 0 Å². The van der Waals surface area contributed by atoms with E-state index in [9.17, 15) is 9.59 Å². The normalized spacial score (nSPS) is 19.1. The molecule has 0 aromatic carbocycles. The van der Waals surface area contributed by atoms with E-state index in [1.165, 1.54) is 4.90 Å². The van der Waals surface area contributed by atoms with Crippen molar-refractivity contribution >= 4 is 11.9 Å². The van der Waals surface area contributed by atoms with E-state index in [-0.39, 0.29) is 24.6 Å². The molecule has 1 heterocycles. The van der Waals surface area contributed by atoms with E-state index in [4.69, 9.17) is 9.47 Å². The van der Waals surface area contributed by atoms with E-state index in [2.05, 4.69) is 5.32 Å². The van der Waals surface area contributed by atoms with Gasteiger partial charge in [-0.1, -0.05) is 0 Å². The lowest BCUT2D eigenvalue weighted by molar-refractivity contribution is -0.138. The Morgan fingerprint density at radius 2 is 2.21 bits per heavy atom. The van der Waals surface area contributed by atoms with Crippen molar-refractivity contribution in [1.82, 2.24) is 15.1 Å². The van der Waals surface area contributed by atoms with Crippen molar-refractivity contribution in [3.8, 4) is 0 Å². The zero-order chi connectivity index (χ0) is 14.3. The van der Waals surface area contributed by atoms with Gasteiger partial charge in [-0.2, -0.15) is 0 Å². The molecule has 7 heteroatoms. The predicted molar refractivity (Wildman–Crippen MR) is 69.9 cm³/mol. The standard InChI is InChI=1S/C12H23N3O4/c1-14(2)12(17)13-8-11(16)15-5-7-19-10(9-15)4-6-18-3/h10H,4-9H2,1-3H3,(H,13,17)/t10-/m0/s1. The summed E-state index contributed by atoms with van der Waals surface area (Å²) < 4.78 is 10.6. The van der Waals surface area contributed by atoms with Crippen molar-refractivity contribution in [2.24, 2.45) is 0 Å². The highest BCUT2D eigenvalue weighted by Gasteiger charge is 2.24. The smallest absolute Gasteiger partial charge is 0.317 e. The fourth-order valence-corrected chi connectivity index (χ4v) is 1.79. The van der Waals surface area contributed by atoms with Gasteiger partial charge in [-0.05, 0) is 6.42 Å². The first-order valence-electron chi connectivity index (χ1n) is 6.38. The predicted octanol–water partition coefficient (Wildman–Crippen LogP) is -0.478. The fourth-order valence-electron chi connectivity index (χ4n) is 1.79. The van der Waals surface area contributed by atoms with Crippen LogP contribution in [0.15, 0.2) is 0 Å². The lowest BCUT2D eigenvalue weighted by Crippen LogP contribution is -2.50. The number of ether oxygens (including phenoxy) is 2. The minimum Gasteiger partial charge on any atom is -0.385 e. The van der Waals surface area contributed by atoms with Gasteiger partial charge in [0.2, 0.25) is 5.91 Å². The van der Waals surface area contributed by atoms with Gasteiger partial charge < -0.3 is 24.6 Å². The van der Waals surface area contributed by atoms with Gasteiger partial charge in [0, 0.05) is 40.9 Å². The van der Waals surface area contributed by atoms with Gasteiger partial charge in [-0.25, -0.2) is 4.79 Å². The quantitative estimate of drug-likeness (QED) is 0.734. The summed E-state index contributed by atoms with van der Waals surface area (Å²) >= 11 is 0. The van der Waals surface area contributed by atoms with Gasteiger partial charge in [0.15, 0.2) is 0 Å². The molecule has 0 bridgehead atoms. The molecular weight excluding hydrogens is 250 g/mol. The molecule has 1 aliphatic heterocycles. The van der Waals surface area contributed by atoms with Gasteiger partial charge in [0.05, 0.1) is 19.3 Å². The van der Waals surface area contributed by atoms with Crippen LogP contribution in [0.3, 0.4) is 0 Å². The van der Waals surface area contributed by atoms with E-state index < -0.39 is 0 Å². The number of methoxy groups -OCH3 is 1. The van der Waals surface area contributed by atoms with Crippen molar-refractivity contribution in [2.45, 2.75) is 12.5 Å². The van der Waals surface area contributed by atoms with Gasteiger partial charge in [-0.15, -0.1) is 0 Å². The second kappa shape index (κ2) is 7.96. The third-order valence-electron chi connectivity index (χ3n) is 2.93. The number of rotatable bonds is 5. The molecule has 1 aliphatic rings. The van der Waals surface area contributed by atoms with Crippen LogP contribution in [0.2, 0.25) is 0 Å². The Morgan fingerprint density at radius 3 is 2.84 bits per heavy atom. The molecule has 0 aromatic heterocycles. The average molecular weight is 273 g/mol. The molecule has 0 aliphatic carbocycles. The zero-order valence-corrected chi connectivity index (χ0v) is 11.8. The van der Waals surface area contributed by atoms with Crippen LogP contribution < -0.4 is 5.32 Å². The van der Waals surface area contributed by atoms with Gasteiger partial charge >= 0.3 is 6.03 Å². The summed E-state index contributed by atoms with van der Waals surface area (Å²) in [6.07, 6.45) is 0.784. The number of amides is 3. The summed E-state index contributed by atoms with van der Waals surface area (Å²) in [4.78, 5) is 26.4. The Labute approximate surface area is 113 Å². The Kier molecular flexibility index (Phi) is 6.58. The largest absolute Gasteiger partial charge is 0.385 e. The zero-order valence-electron chi connectivity index (χ0n) is 11.8. The van der Waals surface area contributed by atoms with Crippen LogP contribution >= 0.6 is 0 Å². The van der Waals surface area contributed by atoms with Crippen molar-refractivity contribution in [3.05, 3.63) is 0 Å². The number of nitrogens with zero attached hydrogens (tertiary/aromatic N) is 2. The molecule has 110 valence electrons. The molecule has 0 radical (unpaired) electrons. The van der Waals surface area contributed by atoms with Gasteiger partial charge in [-0.3, -0.25) is 4.79 Å². The van der Waals surface area contributed by atoms with E-state index in [0.717, 1.165) is 6.42 Å². The summed E-state index contributed by atoms with van der Waals surface area (Å²) in [5.41, 5.74) is 0. The minimum absolute atomic E-state index is 0.0159. The van der Waals surface area contributed by atoms with E-state index >= 15 is 0 Å². The minimum atomic E-state index is -0.266. The van der Waals surface area contributed by atoms with Crippen LogP contribution in [0.5, 0.6) is 0 Å². The maximum atomic E-state index is 12.0. The number of hydrogen-bond acceptors (Lipinski definition) is 4. The summed E-state index contributed by atoms with van der Waals surface area (Å²) in [6, 6.07) is -0.266. The number of hydrogen-bond donors (Lipinski definition) is 1. The van der Waals surface area contributed by atoms with Crippen molar-refractivity contribution < 1.29 is 19.1 Å². The molecule has 0 aromatic rings. The summed E-state index contributed by atoms with van der Waals surface area (Å²) in [5, 5.41) is 2.57. The lowest BCUT2D eigenvalue weighted by Gasteiger charge is -2.33. The van der Waals surface area contributed by atoms with Gasteiger partial charge in [0.25, 0.3) is 0 Å².